The fourth-order valence-corrected chi connectivity index (χ4v) is 19.9. The van der Waals surface area contributed by atoms with Gasteiger partial charge in [0.25, 0.3) is 0 Å². The van der Waals surface area contributed by atoms with Gasteiger partial charge in [-0.2, -0.15) is 0 Å². The standard InChI is InChI=1S/C64H28N10S10/c1-5-31(6-2-29(1)57-67-39-19-47-37(65-27-75-47)17-49(39)77-57)59-69-41-21-53-43(23-51(41)79-59)71-61(81-53)33-9-13-35(14-10-33)63-73-45-25-56-46(26-55(45)83-63)74-64(84-56)36-15-11-34(12-16-36)62-72-44-24-52-42(22-54(44)82-62)70-60(80-52)32-7-3-30(4-8-32)58-68-40-20-48-38(66-28-76-48)18-50(40)78-58/h1-28H. The topological polar surface area (TPSA) is 129 Å². The second-order valence-corrected chi connectivity index (χ2v) is 30.1. The molecule has 20 heteroatoms. The van der Waals surface area contributed by atoms with Gasteiger partial charge in [-0.25, -0.2) is 49.8 Å². The molecule has 394 valence electrons. The summed E-state index contributed by atoms with van der Waals surface area (Å²) in [5.74, 6) is 0. The molecule has 0 amide bonds. The maximum Gasteiger partial charge on any atom is 0.124 e. The number of fused-ring (bicyclic) bond motifs is 10. The first-order chi connectivity index (χ1) is 41.4. The Morgan fingerprint density at radius 3 is 0.512 bits per heavy atom. The number of aromatic nitrogens is 10. The van der Waals surface area contributed by atoms with Gasteiger partial charge in [-0.05, 0) is 60.7 Å². The molecule has 84 heavy (non-hydrogen) atoms. The van der Waals surface area contributed by atoms with Gasteiger partial charge in [0.1, 0.15) is 40.1 Å². The highest BCUT2D eigenvalue weighted by Gasteiger charge is 2.19. The molecule has 0 atom stereocenters. The molecule has 19 rings (SSSR count). The zero-order chi connectivity index (χ0) is 54.7. The fourth-order valence-electron chi connectivity index (χ4n) is 10.6. The molecular weight excluding hydrogens is 1230 g/mol. The van der Waals surface area contributed by atoms with E-state index in [1.165, 1.54) is 0 Å². The minimum Gasteiger partial charge on any atom is -0.245 e. The third-order valence-electron chi connectivity index (χ3n) is 14.9. The zero-order valence-electron chi connectivity index (χ0n) is 42.7. The summed E-state index contributed by atoms with van der Waals surface area (Å²) in [6, 6.07) is 56.1. The highest BCUT2D eigenvalue weighted by atomic mass is 32.1. The summed E-state index contributed by atoms with van der Waals surface area (Å²) < 4.78 is 11.4. The smallest absolute Gasteiger partial charge is 0.124 e. The molecule has 0 aliphatic carbocycles. The number of rotatable bonds is 8. The second-order valence-electron chi connectivity index (χ2n) is 20.1. The molecule has 0 saturated heterocycles. The van der Waals surface area contributed by atoms with Crippen LogP contribution in [0.15, 0.2) is 169 Å². The number of thiazole rings is 10. The molecule has 0 aliphatic rings. The minimum atomic E-state index is 0.982. The van der Waals surface area contributed by atoms with Crippen LogP contribution in [0.2, 0.25) is 0 Å². The SMILES string of the molecule is c1nc2cc3sc(-c4ccc(-c5nc6cc7sc(-c8ccc(-c9nc%10cc%11sc(-c%12ccc(-c%13nc%14cc%15sc(-c%16ccc(-c%17nc%18cc%19scnc%19cc%18s%17)cc%16)nc%15cc%14s%13)cc%12)nc%11cc%10s9)cc8)nc7cc6s5)cc4)nc3cc2s1. The largest absolute Gasteiger partial charge is 0.245 e. The molecule has 0 aliphatic heterocycles. The van der Waals surface area contributed by atoms with E-state index in [-0.39, 0.29) is 0 Å². The van der Waals surface area contributed by atoms with Gasteiger partial charge in [0.15, 0.2) is 0 Å². The summed E-state index contributed by atoms with van der Waals surface area (Å²) in [5.41, 5.74) is 22.5. The van der Waals surface area contributed by atoms with E-state index in [0.717, 1.165) is 187 Å². The lowest BCUT2D eigenvalue weighted by Crippen LogP contribution is -1.79. The van der Waals surface area contributed by atoms with E-state index < -0.39 is 0 Å². The molecule has 10 heterocycles. The van der Waals surface area contributed by atoms with Crippen LogP contribution < -0.4 is 0 Å². The van der Waals surface area contributed by atoms with Gasteiger partial charge in [-0.15, -0.1) is 113 Å². The van der Waals surface area contributed by atoms with Crippen LogP contribution in [-0.2, 0) is 0 Å². The van der Waals surface area contributed by atoms with Crippen molar-refractivity contribution in [3.63, 3.8) is 0 Å². The average molecular weight is 1260 g/mol. The monoisotopic (exact) mass is 1260 g/mol. The van der Waals surface area contributed by atoms with Crippen LogP contribution in [0.25, 0.3) is 187 Å². The van der Waals surface area contributed by atoms with Crippen molar-refractivity contribution < 1.29 is 0 Å². The highest BCUT2D eigenvalue weighted by molar-refractivity contribution is 7.25. The summed E-state index contributed by atoms with van der Waals surface area (Å²) in [6.07, 6.45) is 0. The number of benzene rings is 9. The Labute approximate surface area is 513 Å². The Kier molecular flexibility index (Phi) is 10.7. The van der Waals surface area contributed by atoms with Crippen molar-refractivity contribution in [3.8, 4) is 84.6 Å². The normalized spacial score (nSPS) is 12.3. The van der Waals surface area contributed by atoms with Crippen molar-refractivity contribution >= 4 is 216 Å². The third-order valence-corrected chi connectivity index (χ3v) is 25.0. The van der Waals surface area contributed by atoms with Crippen LogP contribution in [0.4, 0.5) is 0 Å². The van der Waals surface area contributed by atoms with E-state index in [2.05, 4.69) is 168 Å². The molecule has 9 aromatic carbocycles. The van der Waals surface area contributed by atoms with Crippen LogP contribution >= 0.6 is 113 Å². The predicted molar refractivity (Wildman–Crippen MR) is 362 cm³/mol. The van der Waals surface area contributed by atoms with Gasteiger partial charge in [0.2, 0.25) is 0 Å². The van der Waals surface area contributed by atoms with Crippen LogP contribution in [0.3, 0.4) is 0 Å². The Morgan fingerprint density at radius 2 is 0.333 bits per heavy atom. The molecule has 0 spiro atoms. The number of hydrogen-bond donors (Lipinski definition) is 0. The molecule has 10 nitrogen and oxygen atoms in total. The van der Waals surface area contributed by atoms with Crippen molar-refractivity contribution in [1.82, 2.24) is 49.8 Å². The minimum absolute atomic E-state index is 0.982. The maximum absolute atomic E-state index is 5.12. The van der Waals surface area contributed by atoms with Crippen molar-refractivity contribution in [2.24, 2.45) is 0 Å². The Hall–Kier alpha value is -8.12. The summed E-state index contributed by atoms with van der Waals surface area (Å²) in [4.78, 5) is 49.5. The first-order valence-corrected chi connectivity index (χ1v) is 34.5. The average Bonchev–Trinajstić information content (AvgIpc) is 4.56. The van der Waals surface area contributed by atoms with Crippen molar-refractivity contribution in [2.75, 3.05) is 0 Å². The third kappa shape index (κ3) is 8.12. The predicted octanol–water partition coefficient (Wildman–Crippen LogP) is 21.1. The quantitative estimate of drug-likeness (QED) is 0.145. The van der Waals surface area contributed by atoms with E-state index in [9.17, 15) is 0 Å². The lowest BCUT2D eigenvalue weighted by molar-refractivity contribution is 1.45. The van der Waals surface area contributed by atoms with E-state index in [1.807, 2.05) is 11.0 Å². The molecule has 10 aromatic heterocycles. The van der Waals surface area contributed by atoms with Crippen LogP contribution in [0.1, 0.15) is 0 Å². The second kappa shape index (κ2) is 18.7. The van der Waals surface area contributed by atoms with Crippen LogP contribution in [0.5, 0.6) is 0 Å². The van der Waals surface area contributed by atoms with E-state index >= 15 is 0 Å². The Bertz CT molecular complexity index is 5270. The van der Waals surface area contributed by atoms with Crippen LogP contribution in [-0.4, -0.2) is 49.8 Å². The maximum atomic E-state index is 5.12. The van der Waals surface area contributed by atoms with Crippen LogP contribution in [0, 0.1) is 0 Å². The first kappa shape index (κ1) is 48.3. The molecule has 19 aromatic rings. The van der Waals surface area contributed by atoms with Crippen molar-refractivity contribution in [1.29, 1.82) is 0 Å². The van der Waals surface area contributed by atoms with Gasteiger partial charge in [-0.3, -0.25) is 0 Å². The Morgan fingerprint density at radius 1 is 0.179 bits per heavy atom. The van der Waals surface area contributed by atoms with Gasteiger partial charge < -0.3 is 0 Å². The van der Waals surface area contributed by atoms with Gasteiger partial charge in [0, 0.05) is 44.5 Å². The van der Waals surface area contributed by atoms with E-state index in [4.69, 9.17) is 39.9 Å². The highest BCUT2D eigenvalue weighted by Crippen LogP contribution is 2.44. The van der Waals surface area contributed by atoms with Crippen molar-refractivity contribution in [3.05, 3.63) is 169 Å². The molecule has 0 unspecified atom stereocenters. The van der Waals surface area contributed by atoms with Crippen molar-refractivity contribution in [2.45, 2.75) is 0 Å². The van der Waals surface area contributed by atoms with Gasteiger partial charge >= 0.3 is 0 Å². The summed E-state index contributed by atoms with van der Waals surface area (Å²) in [7, 11) is 0. The molecular formula is C64H28N10S10. The molecule has 0 bridgehead atoms. The molecule has 0 radical (unpaired) electrons. The van der Waals surface area contributed by atoms with E-state index in [0.29, 0.717) is 0 Å². The number of nitrogens with zero attached hydrogens (tertiary/aromatic N) is 10. The zero-order valence-corrected chi connectivity index (χ0v) is 50.9. The molecule has 0 N–H and O–H groups in total. The summed E-state index contributed by atoms with van der Waals surface area (Å²) in [6.45, 7) is 0. The van der Waals surface area contributed by atoms with Gasteiger partial charge in [0.05, 0.1) is 113 Å². The van der Waals surface area contributed by atoms with E-state index in [1.54, 1.807) is 113 Å². The summed E-state index contributed by atoms with van der Waals surface area (Å²) in [5, 5.41) is 7.95. The van der Waals surface area contributed by atoms with Gasteiger partial charge in [-0.1, -0.05) is 97.1 Å². The molecule has 0 saturated carbocycles. The lowest BCUT2D eigenvalue weighted by Gasteiger charge is -1.99. The lowest BCUT2D eigenvalue weighted by atomic mass is 10.1. The first-order valence-electron chi connectivity index (χ1n) is 26.2. The number of hydrogen-bond acceptors (Lipinski definition) is 20. The summed E-state index contributed by atoms with van der Waals surface area (Å²) >= 11 is 16.9. The Balaban J connectivity index is 0.522. The fraction of sp³-hybridized carbons (Fsp3) is 0. The molecule has 0 fully saturated rings.